The highest BCUT2D eigenvalue weighted by molar-refractivity contribution is 5.34. The highest BCUT2D eigenvalue weighted by Gasteiger charge is 2.19. The van der Waals surface area contributed by atoms with Gasteiger partial charge in [-0.1, -0.05) is 37.3 Å². The van der Waals surface area contributed by atoms with Crippen LogP contribution < -0.4 is 9.47 Å². The van der Waals surface area contributed by atoms with Gasteiger partial charge in [-0.15, -0.1) is 0 Å². The maximum atomic E-state index is 10.4. The summed E-state index contributed by atoms with van der Waals surface area (Å²) in [5.41, 5.74) is 1.96. The number of ether oxygens (including phenoxy) is 2. The average Bonchev–Trinajstić information content (AvgIpc) is 2.54. The van der Waals surface area contributed by atoms with E-state index in [0.717, 1.165) is 29.0 Å². The van der Waals surface area contributed by atoms with E-state index >= 15 is 0 Å². The van der Waals surface area contributed by atoms with Gasteiger partial charge in [-0.05, 0) is 42.7 Å². The van der Waals surface area contributed by atoms with Crippen LogP contribution in [-0.2, 0) is 6.42 Å². The van der Waals surface area contributed by atoms with Gasteiger partial charge in [0.15, 0.2) is 0 Å². The number of benzene rings is 2. The summed E-state index contributed by atoms with van der Waals surface area (Å²) in [5.74, 6) is 1.61. The fraction of sp³-hybridized carbons (Fsp3) is 0.333. The number of aliphatic hydroxyl groups is 1. The van der Waals surface area contributed by atoms with Crippen LogP contribution in [0.3, 0.4) is 0 Å². The van der Waals surface area contributed by atoms with Gasteiger partial charge in [-0.3, -0.25) is 0 Å². The molecule has 0 heterocycles. The van der Waals surface area contributed by atoms with Gasteiger partial charge in [-0.2, -0.15) is 0 Å². The molecule has 2 unspecified atom stereocenters. The van der Waals surface area contributed by atoms with Crippen molar-refractivity contribution in [3.05, 3.63) is 59.7 Å². The summed E-state index contributed by atoms with van der Waals surface area (Å²) in [6, 6.07) is 15.3. The monoisotopic (exact) mass is 286 g/mol. The lowest BCUT2D eigenvalue weighted by Crippen LogP contribution is -2.22. The van der Waals surface area contributed by atoms with Gasteiger partial charge in [0, 0.05) is 0 Å². The number of para-hydroxylation sites is 1. The number of rotatable bonds is 6. The van der Waals surface area contributed by atoms with E-state index in [1.165, 1.54) is 0 Å². The smallest absolute Gasteiger partial charge is 0.126 e. The topological polar surface area (TPSA) is 38.7 Å². The van der Waals surface area contributed by atoms with Gasteiger partial charge in [0.05, 0.1) is 7.11 Å². The maximum absolute atomic E-state index is 10.4. The van der Waals surface area contributed by atoms with Crippen LogP contribution >= 0.6 is 0 Å². The summed E-state index contributed by atoms with van der Waals surface area (Å²) in [4.78, 5) is 0. The molecular weight excluding hydrogens is 264 g/mol. The Labute approximate surface area is 126 Å². The first-order valence-electron chi connectivity index (χ1n) is 7.22. The van der Waals surface area contributed by atoms with Crippen LogP contribution in [0.15, 0.2) is 48.5 Å². The molecule has 2 rings (SSSR count). The Morgan fingerprint density at radius 1 is 1.05 bits per heavy atom. The van der Waals surface area contributed by atoms with Gasteiger partial charge >= 0.3 is 0 Å². The summed E-state index contributed by atoms with van der Waals surface area (Å²) in [7, 11) is 1.62. The van der Waals surface area contributed by atoms with E-state index in [1.807, 2.05) is 55.5 Å². The molecule has 0 fully saturated rings. The molecule has 112 valence electrons. The summed E-state index contributed by atoms with van der Waals surface area (Å²) in [6.45, 7) is 3.97. The largest absolute Gasteiger partial charge is 0.497 e. The minimum Gasteiger partial charge on any atom is -0.497 e. The molecule has 0 aliphatic rings. The molecule has 2 aromatic carbocycles. The molecule has 0 aliphatic carbocycles. The number of methoxy groups -OCH3 is 1. The van der Waals surface area contributed by atoms with E-state index in [0.29, 0.717) is 0 Å². The standard InChI is InChI=1S/C18H22O3/c1-4-14-7-5-6-8-17(14)21-13(2)18(19)15-9-11-16(20-3)12-10-15/h5-13,18-19H,4H2,1-3H3. The molecule has 21 heavy (non-hydrogen) atoms. The zero-order chi connectivity index (χ0) is 15.2. The first kappa shape index (κ1) is 15.4. The second kappa shape index (κ2) is 7.14. The number of aliphatic hydroxyl groups excluding tert-OH is 1. The Morgan fingerprint density at radius 2 is 1.71 bits per heavy atom. The molecule has 0 saturated heterocycles. The Hall–Kier alpha value is -2.00. The lowest BCUT2D eigenvalue weighted by molar-refractivity contribution is 0.0462. The zero-order valence-corrected chi connectivity index (χ0v) is 12.7. The highest BCUT2D eigenvalue weighted by Crippen LogP contribution is 2.26. The van der Waals surface area contributed by atoms with Crippen LogP contribution in [0.2, 0.25) is 0 Å². The Morgan fingerprint density at radius 3 is 2.33 bits per heavy atom. The third-order valence-electron chi connectivity index (χ3n) is 3.57. The molecule has 3 heteroatoms. The molecular formula is C18H22O3. The summed E-state index contributed by atoms with van der Waals surface area (Å²) < 4.78 is 11.1. The predicted octanol–water partition coefficient (Wildman–Crippen LogP) is 3.76. The van der Waals surface area contributed by atoms with Crippen LogP contribution in [-0.4, -0.2) is 18.3 Å². The quantitative estimate of drug-likeness (QED) is 0.878. The average molecular weight is 286 g/mol. The molecule has 3 nitrogen and oxygen atoms in total. The molecule has 0 saturated carbocycles. The molecule has 2 atom stereocenters. The first-order valence-corrected chi connectivity index (χ1v) is 7.22. The second-order valence-corrected chi connectivity index (χ2v) is 5.00. The van der Waals surface area contributed by atoms with Crippen LogP contribution in [0.1, 0.15) is 31.1 Å². The lowest BCUT2D eigenvalue weighted by Gasteiger charge is -2.22. The molecule has 0 aromatic heterocycles. The van der Waals surface area contributed by atoms with Gasteiger partial charge in [0.2, 0.25) is 0 Å². The maximum Gasteiger partial charge on any atom is 0.126 e. The van der Waals surface area contributed by atoms with Crippen molar-refractivity contribution in [3.63, 3.8) is 0 Å². The van der Waals surface area contributed by atoms with E-state index in [9.17, 15) is 5.11 Å². The first-order chi connectivity index (χ1) is 10.2. The van der Waals surface area contributed by atoms with Gasteiger partial charge in [0.1, 0.15) is 23.7 Å². The van der Waals surface area contributed by atoms with Crippen molar-refractivity contribution in [2.75, 3.05) is 7.11 Å². The van der Waals surface area contributed by atoms with Crippen LogP contribution in [0.25, 0.3) is 0 Å². The number of hydrogen-bond donors (Lipinski definition) is 1. The molecule has 0 amide bonds. The number of aryl methyl sites for hydroxylation is 1. The van der Waals surface area contributed by atoms with Crippen molar-refractivity contribution in [2.24, 2.45) is 0 Å². The van der Waals surface area contributed by atoms with Crippen molar-refractivity contribution < 1.29 is 14.6 Å². The normalized spacial score (nSPS) is 13.5. The summed E-state index contributed by atoms with van der Waals surface area (Å²) in [5, 5.41) is 10.4. The summed E-state index contributed by atoms with van der Waals surface area (Å²) >= 11 is 0. The van der Waals surface area contributed by atoms with Crippen LogP contribution in [0, 0.1) is 0 Å². The fourth-order valence-corrected chi connectivity index (χ4v) is 2.25. The Bertz CT molecular complexity index is 563. The molecule has 0 radical (unpaired) electrons. The van der Waals surface area contributed by atoms with Crippen molar-refractivity contribution in [1.82, 2.24) is 0 Å². The van der Waals surface area contributed by atoms with Gasteiger partial charge < -0.3 is 14.6 Å². The molecule has 0 bridgehead atoms. The fourth-order valence-electron chi connectivity index (χ4n) is 2.25. The minimum absolute atomic E-state index is 0.328. The molecule has 0 spiro atoms. The third-order valence-corrected chi connectivity index (χ3v) is 3.57. The third kappa shape index (κ3) is 3.76. The van der Waals surface area contributed by atoms with Crippen molar-refractivity contribution in [3.8, 4) is 11.5 Å². The van der Waals surface area contributed by atoms with E-state index in [4.69, 9.17) is 9.47 Å². The molecule has 0 aliphatic heterocycles. The second-order valence-electron chi connectivity index (χ2n) is 5.00. The SMILES string of the molecule is CCc1ccccc1OC(C)C(O)c1ccc(OC)cc1. The highest BCUT2D eigenvalue weighted by atomic mass is 16.5. The Kier molecular flexibility index (Phi) is 5.23. The van der Waals surface area contributed by atoms with Gasteiger partial charge in [0.25, 0.3) is 0 Å². The number of hydrogen-bond acceptors (Lipinski definition) is 3. The van der Waals surface area contributed by atoms with Crippen LogP contribution in [0.5, 0.6) is 11.5 Å². The van der Waals surface area contributed by atoms with Crippen LogP contribution in [0.4, 0.5) is 0 Å². The minimum atomic E-state index is -0.680. The van der Waals surface area contributed by atoms with E-state index in [-0.39, 0.29) is 6.10 Å². The van der Waals surface area contributed by atoms with E-state index in [2.05, 4.69) is 6.92 Å². The lowest BCUT2D eigenvalue weighted by atomic mass is 10.0. The molecule has 1 N–H and O–H groups in total. The van der Waals surface area contributed by atoms with Crippen molar-refractivity contribution in [2.45, 2.75) is 32.5 Å². The zero-order valence-electron chi connectivity index (χ0n) is 12.7. The summed E-state index contributed by atoms with van der Waals surface area (Å²) in [6.07, 6.45) is -0.103. The predicted molar refractivity (Wildman–Crippen MR) is 83.9 cm³/mol. The van der Waals surface area contributed by atoms with Crippen molar-refractivity contribution in [1.29, 1.82) is 0 Å². The van der Waals surface area contributed by atoms with Crippen molar-refractivity contribution >= 4 is 0 Å². The Balaban J connectivity index is 2.09. The van der Waals surface area contributed by atoms with E-state index in [1.54, 1.807) is 7.11 Å². The van der Waals surface area contributed by atoms with Gasteiger partial charge in [-0.25, -0.2) is 0 Å². The van der Waals surface area contributed by atoms with E-state index < -0.39 is 6.10 Å². The molecule has 2 aromatic rings.